The minimum absolute atomic E-state index is 0.00560. The van der Waals surface area contributed by atoms with Crippen LogP contribution in [0.25, 0.3) is 0 Å². The number of rotatable bonds is 8. The third-order valence-electron chi connectivity index (χ3n) is 4.01. The van der Waals surface area contributed by atoms with Gasteiger partial charge in [0.1, 0.15) is 11.4 Å². The van der Waals surface area contributed by atoms with Crippen molar-refractivity contribution in [3.05, 3.63) is 63.7 Å². The Morgan fingerprint density at radius 3 is 2.61 bits per heavy atom. The maximum absolute atomic E-state index is 12.2. The number of hydrogen-bond acceptors (Lipinski definition) is 7. The van der Waals surface area contributed by atoms with Crippen molar-refractivity contribution in [2.45, 2.75) is 6.54 Å². The van der Waals surface area contributed by atoms with Crippen LogP contribution in [0, 0.1) is 10.1 Å². The normalized spacial score (nSPS) is 10.1. The van der Waals surface area contributed by atoms with Gasteiger partial charge < -0.3 is 19.7 Å². The van der Waals surface area contributed by atoms with Crippen molar-refractivity contribution < 1.29 is 24.0 Å². The van der Waals surface area contributed by atoms with Crippen LogP contribution in [0.3, 0.4) is 0 Å². The van der Waals surface area contributed by atoms with Crippen LogP contribution in [0.15, 0.2) is 42.5 Å². The lowest BCUT2D eigenvalue weighted by molar-refractivity contribution is -0.384. The molecule has 0 saturated heterocycles. The van der Waals surface area contributed by atoms with Gasteiger partial charge in [0, 0.05) is 26.7 Å². The molecule has 9 heteroatoms. The van der Waals surface area contributed by atoms with Crippen molar-refractivity contribution in [2.24, 2.45) is 0 Å². The van der Waals surface area contributed by atoms with Crippen LogP contribution in [0.1, 0.15) is 15.9 Å². The minimum atomic E-state index is -0.811. The first-order chi connectivity index (χ1) is 13.3. The summed E-state index contributed by atoms with van der Waals surface area (Å²) in [5.74, 6) is -0.539. The molecule has 0 aliphatic carbocycles. The molecule has 0 radical (unpaired) electrons. The molecule has 2 rings (SSSR count). The highest BCUT2D eigenvalue weighted by atomic mass is 16.6. The lowest BCUT2D eigenvalue weighted by atomic mass is 10.1. The van der Waals surface area contributed by atoms with Crippen LogP contribution in [-0.2, 0) is 16.1 Å². The predicted molar refractivity (Wildman–Crippen MR) is 102 cm³/mol. The van der Waals surface area contributed by atoms with E-state index in [1.807, 2.05) is 12.1 Å². The molecule has 28 heavy (non-hydrogen) atoms. The summed E-state index contributed by atoms with van der Waals surface area (Å²) in [5.41, 5.74) is 0.878. The molecule has 148 valence electrons. The van der Waals surface area contributed by atoms with E-state index in [0.29, 0.717) is 12.3 Å². The van der Waals surface area contributed by atoms with E-state index < -0.39 is 23.4 Å². The highest BCUT2D eigenvalue weighted by Crippen LogP contribution is 2.25. The SMILES string of the molecule is CNc1ccc(C(=O)OCC(=O)N(C)Cc2cccc(OC)c2)cc1[N+](=O)[O-]. The Morgan fingerprint density at radius 1 is 1.21 bits per heavy atom. The van der Waals surface area contributed by atoms with Crippen molar-refractivity contribution in [1.82, 2.24) is 4.90 Å². The molecule has 9 nitrogen and oxygen atoms in total. The number of nitrogens with one attached hydrogen (secondary N) is 1. The van der Waals surface area contributed by atoms with Crippen molar-refractivity contribution in [3.63, 3.8) is 0 Å². The molecule has 0 spiro atoms. The van der Waals surface area contributed by atoms with Crippen molar-refractivity contribution in [2.75, 3.05) is 33.1 Å². The quantitative estimate of drug-likeness (QED) is 0.421. The fourth-order valence-corrected chi connectivity index (χ4v) is 2.47. The third-order valence-corrected chi connectivity index (χ3v) is 4.01. The Balaban J connectivity index is 1.97. The number of likely N-dealkylation sites (N-methyl/N-ethyl adjacent to an activating group) is 1. The number of esters is 1. The van der Waals surface area contributed by atoms with Crippen LogP contribution in [0.4, 0.5) is 11.4 Å². The summed E-state index contributed by atoms with van der Waals surface area (Å²) < 4.78 is 10.1. The van der Waals surface area contributed by atoms with Crippen LogP contribution >= 0.6 is 0 Å². The number of ether oxygens (including phenoxy) is 2. The highest BCUT2D eigenvalue weighted by molar-refractivity contribution is 5.93. The number of methoxy groups -OCH3 is 1. The minimum Gasteiger partial charge on any atom is -0.497 e. The number of carbonyl (C=O) groups excluding carboxylic acids is 2. The highest BCUT2D eigenvalue weighted by Gasteiger charge is 2.19. The molecule has 0 saturated carbocycles. The van der Waals surface area contributed by atoms with Gasteiger partial charge in [-0.1, -0.05) is 12.1 Å². The second-order valence-electron chi connectivity index (χ2n) is 5.92. The van der Waals surface area contributed by atoms with Gasteiger partial charge in [-0.15, -0.1) is 0 Å². The van der Waals surface area contributed by atoms with Gasteiger partial charge in [-0.25, -0.2) is 4.79 Å². The molecule has 0 atom stereocenters. The molecular formula is C19H21N3O6. The molecule has 0 aromatic heterocycles. The van der Waals surface area contributed by atoms with E-state index in [9.17, 15) is 19.7 Å². The Bertz CT molecular complexity index is 884. The number of anilines is 1. The molecule has 0 heterocycles. The molecule has 0 aliphatic rings. The molecule has 0 fully saturated rings. The number of nitro benzene ring substituents is 1. The summed E-state index contributed by atoms with van der Waals surface area (Å²) in [5, 5.41) is 13.7. The van der Waals surface area contributed by atoms with Crippen LogP contribution in [0.5, 0.6) is 5.75 Å². The summed E-state index contributed by atoms with van der Waals surface area (Å²) in [6.45, 7) is -0.156. The van der Waals surface area contributed by atoms with Crippen molar-refractivity contribution in [3.8, 4) is 5.75 Å². The van der Waals surface area contributed by atoms with E-state index in [1.165, 1.54) is 24.1 Å². The van der Waals surface area contributed by atoms with E-state index in [4.69, 9.17) is 9.47 Å². The van der Waals surface area contributed by atoms with Crippen LogP contribution < -0.4 is 10.1 Å². The molecule has 1 N–H and O–H groups in total. The van der Waals surface area contributed by atoms with Crippen molar-refractivity contribution in [1.29, 1.82) is 0 Å². The zero-order valence-corrected chi connectivity index (χ0v) is 15.8. The van der Waals surface area contributed by atoms with Crippen molar-refractivity contribution >= 4 is 23.3 Å². The topological polar surface area (TPSA) is 111 Å². The first-order valence-electron chi connectivity index (χ1n) is 8.36. The standard InChI is InChI=1S/C19H21N3O6/c1-20-16-8-7-14(10-17(16)22(25)26)19(24)28-12-18(23)21(2)11-13-5-4-6-15(9-13)27-3/h4-10,20H,11-12H2,1-3H3. The average Bonchev–Trinajstić information content (AvgIpc) is 2.71. The summed E-state index contributed by atoms with van der Waals surface area (Å²) in [6, 6.07) is 11.2. The molecule has 1 amide bonds. The van der Waals surface area contributed by atoms with Gasteiger partial charge in [0.15, 0.2) is 6.61 Å². The van der Waals surface area contributed by atoms with E-state index >= 15 is 0 Å². The number of nitrogens with zero attached hydrogens (tertiary/aromatic N) is 2. The molecule has 0 bridgehead atoms. The summed E-state index contributed by atoms with van der Waals surface area (Å²) >= 11 is 0. The Kier molecular flexibility index (Phi) is 6.91. The maximum Gasteiger partial charge on any atom is 0.338 e. The number of amides is 1. The number of nitro groups is 1. The number of hydrogen-bond donors (Lipinski definition) is 1. The third kappa shape index (κ3) is 5.19. The van der Waals surface area contributed by atoms with Crippen LogP contribution in [-0.4, -0.2) is 49.5 Å². The van der Waals surface area contributed by atoms with Gasteiger partial charge in [-0.05, 0) is 29.8 Å². The summed E-state index contributed by atoms with van der Waals surface area (Å²) in [4.78, 5) is 36.2. The molecule has 0 aliphatic heterocycles. The first kappa shape index (κ1) is 20.7. The summed E-state index contributed by atoms with van der Waals surface area (Å²) in [6.07, 6.45) is 0. The number of carbonyl (C=O) groups is 2. The molecule has 2 aromatic carbocycles. The Hall–Kier alpha value is -3.62. The van der Waals surface area contributed by atoms with Gasteiger partial charge in [-0.2, -0.15) is 0 Å². The molecule has 2 aromatic rings. The maximum atomic E-state index is 12.2. The molecule has 0 unspecified atom stereocenters. The second-order valence-corrected chi connectivity index (χ2v) is 5.92. The monoisotopic (exact) mass is 387 g/mol. The van der Waals surface area contributed by atoms with Gasteiger partial charge in [0.05, 0.1) is 17.6 Å². The van der Waals surface area contributed by atoms with E-state index in [2.05, 4.69) is 5.32 Å². The molecular weight excluding hydrogens is 366 g/mol. The zero-order valence-electron chi connectivity index (χ0n) is 15.8. The lowest BCUT2D eigenvalue weighted by Gasteiger charge is -2.17. The smallest absolute Gasteiger partial charge is 0.338 e. The van der Waals surface area contributed by atoms with E-state index in [0.717, 1.165) is 11.6 Å². The first-order valence-corrected chi connectivity index (χ1v) is 8.36. The van der Waals surface area contributed by atoms with Gasteiger partial charge in [-0.3, -0.25) is 14.9 Å². The Morgan fingerprint density at radius 2 is 1.96 bits per heavy atom. The number of benzene rings is 2. The van der Waals surface area contributed by atoms with E-state index in [1.54, 1.807) is 26.3 Å². The second kappa shape index (κ2) is 9.36. The largest absolute Gasteiger partial charge is 0.497 e. The zero-order chi connectivity index (χ0) is 20.7. The predicted octanol–water partition coefficient (Wildman–Crippen LogP) is 2.46. The summed E-state index contributed by atoms with van der Waals surface area (Å²) in [7, 11) is 4.68. The fraction of sp³-hybridized carbons (Fsp3) is 0.263. The van der Waals surface area contributed by atoms with Crippen LogP contribution in [0.2, 0.25) is 0 Å². The average molecular weight is 387 g/mol. The lowest BCUT2D eigenvalue weighted by Crippen LogP contribution is -2.30. The van der Waals surface area contributed by atoms with Gasteiger partial charge in [0.2, 0.25) is 0 Å². The van der Waals surface area contributed by atoms with Gasteiger partial charge >= 0.3 is 5.97 Å². The Labute approximate surface area is 162 Å². The van der Waals surface area contributed by atoms with Gasteiger partial charge in [0.25, 0.3) is 11.6 Å². The van der Waals surface area contributed by atoms with E-state index in [-0.39, 0.29) is 16.9 Å². The fourth-order valence-electron chi connectivity index (χ4n) is 2.47.